The van der Waals surface area contributed by atoms with Gasteiger partial charge in [-0.15, -0.1) is 0 Å². The van der Waals surface area contributed by atoms with Crippen LogP contribution in [0.1, 0.15) is 37.8 Å². The highest BCUT2D eigenvalue weighted by Crippen LogP contribution is 2.50. The van der Waals surface area contributed by atoms with Crippen molar-refractivity contribution in [2.75, 3.05) is 20.8 Å². The number of esters is 1. The Balaban J connectivity index is 2.23. The van der Waals surface area contributed by atoms with Crippen molar-refractivity contribution in [3.63, 3.8) is 0 Å². The minimum atomic E-state index is -1.69. The SMILES string of the molecule is COc1ccc([C@H](C[N+](=O)[O-])[C@@]2(c3ccccc3)O[C@H](C(C)(C)C)OC2=O)cc1OC. The van der Waals surface area contributed by atoms with Gasteiger partial charge in [0.1, 0.15) is 0 Å². The van der Waals surface area contributed by atoms with Crippen LogP contribution >= 0.6 is 0 Å². The van der Waals surface area contributed by atoms with Crippen LogP contribution in [0.25, 0.3) is 0 Å². The molecule has 31 heavy (non-hydrogen) atoms. The number of methoxy groups -OCH3 is 2. The molecule has 8 heteroatoms. The smallest absolute Gasteiger partial charge is 0.346 e. The number of carbonyl (C=O) groups is 1. The summed E-state index contributed by atoms with van der Waals surface area (Å²) < 4.78 is 22.6. The van der Waals surface area contributed by atoms with E-state index in [9.17, 15) is 14.9 Å². The molecule has 3 atom stereocenters. The standard InChI is InChI=1S/C23H27NO7/c1-22(2,3)21-30-20(25)23(31-21,16-9-7-6-8-10-16)17(14-24(26)27)15-11-12-18(28-4)19(13-15)29-5/h6-13,17,21H,14H2,1-5H3/t17-,21+,23+/m0/s1. The first-order valence-electron chi connectivity index (χ1n) is 9.91. The minimum absolute atomic E-state index is 0.398. The Morgan fingerprint density at radius 1 is 1.10 bits per heavy atom. The molecule has 0 radical (unpaired) electrons. The topological polar surface area (TPSA) is 97.1 Å². The van der Waals surface area contributed by atoms with Gasteiger partial charge in [-0.3, -0.25) is 10.1 Å². The molecule has 0 aromatic heterocycles. The summed E-state index contributed by atoms with van der Waals surface area (Å²) in [5.41, 5.74) is -1.22. The van der Waals surface area contributed by atoms with Crippen LogP contribution in [0.4, 0.5) is 0 Å². The molecule has 1 saturated heterocycles. The van der Waals surface area contributed by atoms with Gasteiger partial charge in [-0.05, 0) is 23.3 Å². The predicted molar refractivity (Wildman–Crippen MR) is 113 cm³/mol. The van der Waals surface area contributed by atoms with Crippen LogP contribution in [-0.2, 0) is 19.9 Å². The van der Waals surface area contributed by atoms with E-state index in [4.69, 9.17) is 18.9 Å². The second kappa shape index (κ2) is 8.55. The van der Waals surface area contributed by atoms with E-state index in [2.05, 4.69) is 0 Å². The molecular formula is C23H27NO7. The number of ether oxygens (including phenoxy) is 4. The third-order valence-electron chi connectivity index (χ3n) is 5.35. The molecule has 8 nitrogen and oxygen atoms in total. The summed E-state index contributed by atoms with van der Waals surface area (Å²) in [6.07, 6.45) is -0.866. The van der Waals surface area contributed by atoms with E-state index in [1.54, 1.807) is 48.5 Å². The molecule has 166 valence electrons. The molecule has 0 amide bonds. The van der Waals surface area contributed by atoms with E-state index in [-0.39, 0.29) is 0 Å². The van der Waals surface area contributed by atoms with Crippen LogP contribution in [0.3, 0.4) is 0 Å². The van der Waals surface area contributed by atoms with Crippen LogP contribution in [0, 0.1) is 15.5 Å². The normalized spacial score (nSPS) is 22.0. The first kappa shape index (κ1) is 22.6. The molecule has 1 fully saturated rings. The average molecular weight is 429 g/mol. The van der Waals surface area contributed by atoms with Crippen molar-refractivity contribution in [3.05, 3.63) is 69.8 Å². The number of hydrogen-bond acceptors (Lipinski definition) is 7. The Morgan fingerprint density at radius 3 is 2.26 bits per heavy atom. The lowest BCUT2D eigenvalue weighted by atomic mass is 9.77. The van der Waals surface area contributed by atoms with Crippen molar-refractivity contribution >= 4 is 5.97 Å². The Bertz CT molecular complexity index is 954. The predicted octanol–water partition coefficient (Wildman–Crippen LogP) is 3.91. The molecule has 0 unspecified atom stereocenters. The third kappa shape index (κ3) is 4.20. The molecule has 3 rings (SSSR count). The summed E-state index contributed by atoms with van der Waals surface area (Å²) >= 11 is 0. The Kier molecular flexibility index (Phi) is 6.22. The lowest BCUT2D eigenvalue weighted by Gasteiger charge is -2.33. The molecule has 0 saturated carbocycles. The van der Waals surface area contributed by atoms with Crippen LogP contribution in [0.5, 0.6) is 11.5 Å². The zero-order chi connectivity index (χ0) is 22.8. The number of rotatable bonds is 7. The summed E-state index contributed by atoms with van der Waals surface area (Å²) in [6.45, 7) is 5.09. The zero-order valence-electron chi connectivity index (χ0n) is 18.3. The fraction of sp³-hybridized carbons (Fsp3) is 0.435. The van der Waals surface area contributed by atoms with E-state index in [1.807, 2.05) is 20.8 Å². The summed E-state index contributed by atoms with van der Waals surface area (Å²) in [4.78, 5) is 24.7. The van der Waals surface area contributed by atoms with E-state index >= 15 is 0 Å². The molecule has 1 aliphatic rings. The third-order valence-corrected chi connectivity index (χ3v) is 5.35. The molecular weight excluding hydrogens is 402 g/mol. The van der Waals surface area contributed by atoms with Crippen molar-refractivity contribution in [1.29, 1.82) is 0 Å². The number of cyclic esters (lactones) is 1. The van der Waals surface area contributed by atoms with Crippen molar-refractivity contribution < 1.29 is 28.7 Å². The van der Waals surface area contributed by atoms with Crippen LogP contribution in [0.15, 0.2) is 48.5 Å². The Morgan fingerprint density at radius 2 is 1.74 bits per heavy atom. The van der Waals surface area contributed by atoms with Crippen LogP contribution < -0.4 is 9.47 Å². The van der Waals surface area contributed by atoms with E-state index in [0.717, 1.165) is 0 Å². The summed E-state index contributed by atoms with van der Waals surface area (Å²) in [5, 5.41) is 11.7. The lowest BCUT2D eigenvalue weighted by Crippen LogP contribution is -2.43. The van der Waals surface area contributed by atoms with Gasteiger partial charge in [-0.2, -0.15) is 0 Å². The Labute approximate surface area is 181 Å². The van der Waals surface area contributed by atoms with Gasteiger partial charge in [0.25, 0.3) is 0 Å². The number of carbonyl (C=O) groups excluding carboxylic acids is 1. The Hall–Kier alpha value is -3.13. The highest BCUT2D eigenvalue weighted by atomic mass is 16.8. The first-order chi connectivity index (χ1) is 14.6. The number of nitro groups is 1. The number of nitrogens with zero attached hydrogens (tertiary/aromatic N) is 1. The average Bonchev–Trinajstić information content (AvgIpc) is 3.10. The van der Waals surface area contributed by atoms with E-state index in [0.29, 0.717) is 22.6 Å². The second-order valence-corrected chi connectivity index (χ2v) is 8.51. The van der Waals surface area contributed by atoms with Gasteiger partial charge in [0.05, 0.1) is 20.1 Å². The highest BCUT2D eigenvalue weighted by Gasteiger charge is 2.61. The highest BCUT2D eigenvalue weighted by molar-refractivity contribution is 5.84. The minimum Gasteiger partial charge on any atom is -0.493 e. The number of hydrogen-bond donors (Lipinski definition) is 0. The van der Waals surface area contributed by atoms with E-state index < -0.39 is 40.7 Å². The van der Waals surface area contributed by atoms with Crippen LogP contribution in [0.2, 0.25) is 0 Å². The van der Waals surface area contributed by atoms with Crippen LogP contribution in [-0.4, -0.2) is 37.9 Å². The van der Waals surface area contributed by atoms with Crippen molar-refractivity contribution in [2.45, 2.75) is 38.6 Å². The lowest BCUT2D eigenvalue weighted by molar-refractivity contribution is -0.487. The fourth-order valence-corrected chi connectivity index (χ4v) is 3.76. The monoisotopic (exact) mass is 429 g/mol. The number of benzene rings is 2. The zero-order valence-corrected chi connectivity index (χ0v) is 18.3. The second-order valence-electron chi connectivity index (χ2n) is 8.51. The van der Waals surface area contributed by atoms with Gasteiger partial charge in [-0.25, -0.2) is 4.79 Å². The molecule has 1 aliphatic heterocycles. The fourth-order valence-electron chi connectivity index (χ4n) is 3.76. The van der Waals surface area contributed by atoms with Gasteiger partial charge >= 0.3 is 5.97 Å². The van der Waals surface area contributed by atoms with E-state index in [1.165, 1.54) is 14.2 Å². The summed E-state index contributed by atoms with van der Waals surface area (Å²) in [6, 6.07) is 13.7. The van der Waals surface area contributed by atoms with Gasteiger partial charge in [-0.1, -0.05) is 57.2 Å². The van der Waals surface area contributed by atoms with Crippen molar-refractivity contribution in [3.8, 4) is 11.5 Å². The summed E-state index contributed by atoms with van der Waals surface area (Å²) in [7, 11) is 2.98. The molecule has 2 aromatic rings. The maximum atomic E-state index is 13.4. The molecule has 0 aliphatic carbocycles. The van der Waals surface area contributed by atoms with Gasteiger partial charge in [0, 0.05) is 10.3 Å². The van der Waals surface area contributed by atoms with Crippen molar-refractivity contribution in [2.24, 2.45) is 5.41 Å². The molecule has 0 bridgehead atoms. The first-order valence-corrected chi connectivity index (χ1v) is 9.91. The van der Waals surface area contributed by atoms with Gasteiger partial charge in [0.2, 0.25) is 18.4 Å². The van der Waals surface area contributed by atoms with Crippen molar-refractivity contribution in [1.82, 2.24) is 0 Å². The van der Waals surface area contributed by atoms with Gasteiger partial charge < -0.3 is 18.9 Å². The quantitative estimate of drug-likeness (QED) is 0.374. The maximum Gasteiger partial charge on any atom is 0.346 e. The molecule has 2 aromatic carbocycles. The molecule has 0 N–H and O–H groups in total. The molecule has 0 spiro atoms. The maximum absolute atomic E-state index is 13.4. The van der Waals surface area contributed by atoms with Gasteiger partial charge in [0.15, 0.2) is 11.5 Å². The largest absolute Gasteiger partial charge is 0.493 e. The molecule has 1 heterocycles. The summed E-state index contributed by atoms with van der Waals surface area (Å²) in [5.74, 6) is -0.748.